The van der Waals surface area contributed by atoms with Crippen molar-refractivity contribution in [3.05, 3.63) is 64.4 Å². The molecule has 0 aliphatic heterocycles. The normalized spacial score (nSPS) is 12.2. The van der Waals surface area contributed by atoms with E-state index in [-0.39, 0.29) is 10.9 Å². The van der Waals surface area contributed by atoms with Gasteiger partial charge in [0, 0.05) is 5.88 Å². The van der Waals surface area contributed by atoms with E-state index in [1.165, 1.54) is 6.07 Å². The van der Waals surface area contributed by atoms with Gasteiger partial charge in [-0.05, 0) is 48.1 Å². The lowest BCUT2D eigenvalue weighted by Crippen LogP contribution is -2.11. The maximum absolute atomic E-state index is 13.2. The number of halogens is 3. The Morgan fingerprint density at radius 3 is 2.57 bits per heavy atom. The summed E-state index contributed by atoms with van der Waals surface area (Å²) in [5.41, 5.74) is 2.11. The Labute approximate surface area is 134 Å². The van der Waals surface area contributed by atoms with E-state index < -0.39 is 5.82 Å². The van der Waals surface area contributed by atoms with Crippen LogP contribution in [0.5, 0.6) is 5.75 Å². The molecule has 0 N–H and O–H groups in total. The number of hydrogen-bond donors (Lipinski definition) is 0. The third kappa shape index (κ3) is 4.36. The molecule has 0 radical (unpaired) electrons. The van der Waals surface area contributed by atoms with Crippen LogP contribution >= 0.6 is 23.2 Å². The van der Waals surface area contributed by atoms with Gasteiger partial charge in [0.1, 0.15) is 11.6 Å². The van der Waals surface area contributed by atoms with Gasteiger partial charge in [0.2, 0.25) is 0 Å². The van der Waals surface area contributed by atoms with Gasteiger partial charge < -0.3 is 4.74 Å². The van der Waals surface area contributed by atoms with Crippen molar-refractivity contribution >= 4 is 23.2 Å². The molecule has 0 spiro atoms. The van der Waals surface area contributed by atoms with Crippen molar-refractivity contribution in [3.63, 3.8) is 0 Å². The van der Waals surface area contributed by atoms with E-state index in [0.29, 0.717) is 5.88 Å². The first-order chi connectivity index (χ1) is 10.1. The molecule has 21 heavy (non-hydrogen) atoms. The van der Waals surface area contributed by atoms with E-state index in [0.717, 1.165) is 29.7 Å². The second-order valence-electron chi connectivity index (χ2n) is 4.99. The molecule has 0 aliphatic rings. The molecule has 0 bridgehead atoms. The van der Waals surface area contributed by atoms with E-state index in [2.05, 4.69) is 0 Å². The second-order valence-corrected chi connectivity index (χ2v) is 5.70. The molecule has 0 saturated carbocycles. The van der Waals surface area contributed by atoms with E-state index in [1.54, 1.807) is 19.2 Å². The van der Waals surface area contributed by atoms with Crippen LogP contribution < -0.4 is 4.74 Å². The summed E-state index contributed by atoms with van der Waals surface area (Å²) >= 11 is 11.9. The molecule has 1 atom stereocenters. The maximum atomic E-state index is 13.2. The molecular weight excluding hydrogens is 310 g/mol. The van der Waals surface area contributed by atoms with E-state index in [1.807, 2.05) is 24.3 Å². The highest BCUT2D eigenvalue weighted by molar-refractivity contribution is 6.30. The predicted molar refractivity (Wildman–Crippen MR) is 86.0 cm³/mol. The molecule has 0 amide bonds. The summed E-state index contributed by atoms with van der Waals surface area (Å²) in [4.78, 5) is 0. The molecule has 2 aromatic carbocycles. The Kier molecular flexibility index (Phi) is 5.89. The Morgan fingerprint density at radius 1 is 1.14 bits per heavy atom. The summed E-state index contributed by atoms with van der Waals surface area (Å²) in [6.07, 6.45) is 1.56. The lowest BCUT2D eigenvalue weighted by atomic mass is 9.93. The molecule has 0 fully saturated rings. The summed E-state index contributed by atoms with van der Waals surface area (Å²) < 4.78 is 18.6. The summed E-state index contributed by atoms with van der Waals surface area (Å²) in [6, 6.07) is 12.7. The first kappa shape index (κ1) is 16.1. The Bertz CT molecular complexity index is 601. The molecule has 0 saturated heterocycles. The zero-order valence-electron chi connectivity index (χ0n) is 11.8. The summed E-state index contributed by atoms with van der Waals surface area (Å²) in [6.45, 7) is 0. The Hall–Kier alpha value is -1.25. The van der Waals surface area contributed by atoms with E-state index in [4.69, 9.17) is 27.9 Å². The number of alkyl halides is 1. The minimum absolute atomic E-state index is 0.151. The average Bonchev–Trinajstić information content (AvgIpc) is 2.50. The fraction of sp³-hybridized carbons (Fsp3) is 0.294. The van der Waals surface area contributed by atoms with Crippen LogP contribution in [0.15, 0.2) is 42.5 Å². The molecule has 1 unspecified atom stereocenters. The fourth-order valence-electron chi connectivity index (χ4n) is 2.36. The van der Waals surface area contributed by atoms with Crippen LogP contribution in [0.3, 0.4) is 0 Å². The van der Waals surface area contributed by atoms with E-state index in [9.17, 15) is 4.39 Å². The van der Waals surface area contributed by atoms with Gasteiger partial charge in [0.15, 0.2) is 0 Å². The lowest BCUT2D eigenvalue weighted by molar-refractivity contribution is 0.405. The van der Waals surface area contributed by atoms with Crippen molar-refractivity contribution < 1.29 is 9.13 Å². The quantitative estimate of drug-likeness (QED) is 0.669. The molecule has 112 valence electrons. The first-order valence-corrected chi connectivity index (χ1v) is 7.67. The molecule has 4 heteroatoms. The minimum Gasteiger partial charge on any atom is -0.496 e. The van der Waals surface area contributed by atoms with Gasteiger partial charge in [-0.15, -0.1) is 11.6 Å². The third-order valence-electron chi connectivity index (χ3n) is 3.43. The summed E-state index contributed by atoms with van der Waals surface area (Å²) in [5.74, 6) is 1.23. The molecule has 0 aromatic heterocycles. The fourth-order valence-corrected chi connectivity index (χ4v) is 2.79. The summed E-state index contributed by atoms with van der Waals surface area (Å²) in [7, 11) is 1.66. The average molecular weight is 327 g/mol. The Balaban J connectivity index is 2.11. The van der Waals surface area contributed by atoms with Gasteiger partial charge in [0.05, 0.1) is 12.1 Å². The van der Waals surface area contributed by atoms with Gasteiger partial charge >= 0.3 is 0 Å². The number of ether oxygens (including phenoxy) is 1. The molecular formula is C17H17Cl2FO. The minimum atomic E-state index is -0.396. The lowest BCUT2D eigenvalue weighted by Gasteiger charge is -2.16. The zero-order chi connectivity index (χ0) is 15.2. The van der Waals surface area contributed by atoms with Crippen molar-refractivity contribution in [3.8, 4) is 5.75 Å². The zero-order valence-corrected chi connectivity index (χ0v) is 13.3. The van der Waals surface area contributed by atoms with Crippen molar-refractivity contribution in [1.29, 1.82) is 0 Å². The number of methoxy groups -OCH3 is 1. The maximum Gasteiger partial charge on any atom is 0.141 e. The SMILES string of the molecule is COc1ccccc1CC(CCl)Cc1ccc(F)c(Cl)c1. The monoisotopic (exact) mass is 326 g/mol. The molecule has 0 aliphatic carbocycles. The van der Waals surface area contributed by atoms with Gasteiger partial charge in [-0.1, -0.05) is 35.9 Å². The highest BCUT2D eigenvalue weighted by atomic mass is 35.5. The highest BCUT2D eigenvalue weighted by Crippen LogP contribution is 2.25. The van der Waals surface area contributed by atoms with Crippen LogP contribution in [0.25, 0.3) is 0 Å². The smallest absolute Gasteiger partial charge is 0.141 e. The molecule has 1 nitrogen and oxygen atoms in total. The van der Waals surface area contributed by atoms with Crippen LogP contribution in [0.2, 0.25) is 5.02 Å². The van der Waals surface area contributed by atoms with E-state index >= 15 is 0 Å². The van der Waals surface area contributed by atoms with Crippen LogP contribution in [-0.2, 0) is 12.8 Å². The second kappa shape index (κ2) is 7.67. The third-order valence-corrected chi connectivity index (χ3v) is 4.15. The van der Waals surface area contributed by atoms with Crippen LogP contribution in [0.1, 0.15) is 11.1 Å². The highest BCUT2D eigenvalue weighted by Gasteiger charge is 2.13. The first-order valence-electron chi connectivity index (χ1n) is 6.75. The van der Waals surface area contributed by atoms with Gasteiger partial charge in [-0.3, -0.25) is 0 Å². The molecule has 2 aromatic rings. The van der Waals surface area contributed by atoms with Crippen LogP contribution in [-0.4, -0.2) is 13.0 Å². The standard InChI is InChI=1S/C17H17Cl2FO/c1-21-17-5-3-2-4-14(17)9-13(11-18)8-12-6-7-16(20)15(19)10-12/h2-7,10,13H,8-9,11H2,1H3. The van der Waals surface area contributed by atoms with Crippen LogP contribution in [0, 0.1) is 11.7 Å². The number of para-hydroxylation sites is 1. The van der Waals surface area contributed by atoms with Gasteiger partial charge in [0.25, 0.3) is 0 Å². The summed E-state index contributed by atoms with van der Waals surface area (Å²) in [5, 5.41) is 0.151. The predicted octanol–water partition coefficient (Wildman–Crippen LogP) is 5.13. The van der Waals surface area contributed by atoms with Gasteiger partial charge in [-0.2, -0.15) is 0 Å². The number of benzene rings is 2. The number of hydrogen-bond acceptors (Lipinski definition) is 1. The molecule has 2 rings (SSSR count). The number of rotatable bonds is 6. The molecule has 0 heterocycles. The topological polar surface area (TPSA) is 9.23 Å². The largest absolute Gasteiger partial charge is 0.496 e. The van der Waals surface area contributed by atoms with Crippen molar-refractivity contribution in [2.75, 3.05) is 13.0 Å². The van der Waals surface area contributed by atoms with Crippen molar-refractivity contribution in [1.82, 2.24) is 0 Å². The van der Waals surface area contributed by atoms with Crippen molar-refractivity contribution in [2.24, 2.45) is 5.92 Å². The van der Waals surface area contributed by atoms with Gasteiger partial charge in [-0.25, -0.2) is 4.39 Å². The van der Waals surface area contributed by atoms with Crippen LogP contribution in [0.4, 0.5) is 4.39 Å². The Morgan fingerprint density at radius 2 is 1.90 bits per heavy atom. The van der Waals surface area contributed by atoms with Crippen molar-refractivity contribution in [2.45, 2.75) is 12.8 Å².